The van der Waals surface area contributed by atoms with E-state index in [0.717, 1.165) is 44.1 Å². The molecule has 0 bridgehead atoms. The van der Waals surface area contributed by atoms with Crippen LogP contribution in [-0.2, 0) is 9.53 Å². The summed E-state index contributed by atoms with van der Waals surface area (Å²) >= 11 is 0. The summed E-state index contributed by atoms with van der Waals surface area (Å²) in [7, 11) is 1.32. The van der Waals surface area contributed by atoms with E-state index >= 15 is 4.39 Å². The van der Waals surface area contributed by atoms with E-state index in [-0.39, 0.29) is 35.4 Å². The van der Waals surface area contributed by atoms with Gasteiger partial charge in [0.2, 0.25) is 5.43 Å². The predicted octanol–water partition coefficient (Wildman–Crippen LogP) is 6.67. The maximum atomic E-state index is 15.4. The highest BCUT2D eigenvalue weighted by molar-refractivity contribution is 5.98. The zero-order valence-corrected chi connectivity index (χ0v) is 23.7. The average Bonchev–Trinajstić information content (AvgIpc) is 2.98. The molecule has 0 radical (unpaired) electrons. The van der Waals surface area contributed by atoms with Crippen LogP contribution in [0.25, 0.3) is 10.9 Å². The SMILES string of the molecule is CCC(CC)n1cc(C(=O)N[C@@H](CCC(=O)OC)c2ccccc2)c(=O)c2cc(F)c(NC3CCCCC3)cc21. The molecule has 0 spiro atoms. The number of aromatic nitrogens is 1. The van der Waals surface area contributed by atoms with Crippen LogP contribution in [0.2, 0.25) is 0 Å². The van der Waals surface area contributed by atoms with Gasteiger partial charge >= 0.3 is 5.97 Å². The minimum absolute atomic E-state index is 0.0203. The van der Waals surface area contributed by atoms with Crippen molar-refractivity contribution < 1.29 is 18.7 Å². The van der Waals surface area contributed by atoms with Gasteiger partial charge < -0.3 is 19.9 Å². The van der Waals surface area contributed by atoms with Gasteiger partial charge in [-0.1, -0.05) is 63.4 Å². The van der Waals surface area contributed by atoms with Gasteiger partial charge in [-0.2, -0.15) is 0 Å². The van der Waals surface area contributed by atoms with Crippen molar-refractivity contribution in [1.29, 1.82) is 0 Å². The number of halogens is 1. The fourth-order valence-corrected chi connectivity index (χ4v) is 5.70. The zero-order valence-electron chi connectivity index (χ0n) is 23.7. The summed E-state index contributed by atoms with van der Waals surface area (Å²) in [5.41, 5.74) is 1.25. The Balaban J connectivity index is 1.74. The largest absolute Gasteiger partial charge is 0.469 e. The summed E-state index contributed by atoms with van der Waals surface area (Å²) in [5, 5.41) is 6.49. The standard InChI is InChI=1S/C32H40FN3O4/c1-4-23(5-2)36-20-25(32(39)35-27(16-17-30(37)40-3)21-12-8-6-9-13-21)31(38)24-18-26(33)28(19-29(24)36)34-22-14-10-7-11-15-22/h6,8-9,12-13,18-20,22-23,27,34H,4-5,7,10-11,14-17H2,1-3H3,(H,35,39)/t27-/m0/s1. The Morgan fingerprint density at radius 2 is 1.77 bits per heavy atom. The highest BCUT2D eigenvalue weighted by Gasteiger charge is 2.24. The van der Waals surface area contributed by atoms with Crippen molar-refractivity contribution in [3.63, 3.8) is 0 Å². The maximum Gasteiger partial charge on any atom is 0.305 e. The molecular formula is C32H40FN3O4. The van der Waals surface area contributed by atoms with E-state index in [4.69, 9.17) is 4.74 Å². The van der Waals surface area contributed by atoms with Crippen LogP contribution < -0.4 is 16.1 Å². The van der Waals surface area contributed by atoms with Crippen molar-refractivity contribution in [3.8, 4) is 0 Å². The van der Waals surface area contributed by atoms with Crippen LogP contribution in [0.15, 0.2) is 53.5 Å². The molecule has 1 heterocycles. The zero-order chi connectivity index (χ0) is 28.6. The van der Waals surface area contributed by atoms with Crippen LogP contribution in [0.3, 0.4) is 0 Å². The lowest BCUT2D eigenvalue weighted by Gasteiger charge is -2.26. The smallest absolute Gasteiger partial charge is 0.305 e. The molecule has 7 nitrogen and oxygen atoms in total. The Hall–Kier alpha value is -3.68. The first-order valence-electron chi connectivity index (χ1n) is 14.4. The molecule has 4 rings (SSSR count). The van der Waals surface area contributed by atoms with E-state index in [2.05, 4.69) is 24.5 Å². The van der Waals surface area contributed by atoms with Crippen LogP contribution in [0.4, 0.5) is 10.1 Å². The number of methoxy groups -OCH3 is 1. The quantitative estimate of drug-likeness (QED) is 0.261. The first kappa shape index (κ1) is 29.3. The van der Waals surface area contributed by atoms with Gasteiger partial charge in [0.05, 0.1) is 24.4 Å². The number of ether oxygens (including phenoxy) is 1. The Morgan fingerprint density at radius 3 is 2.42 bits per heavy atom. The van der Waals surface area contributed by atoms with Crippen LogP contribution in [-0.4, -0.2) is 29.6 Å². The van der Waals surface area contributed by atoms with Gasteiger partial charge in [-0.05, 0) is 49.8 Å². The topological polar surface area (TPSA) is 89.4 Å². The molecule has 0 aliphatic heterocycles. The molecule has 2 aromatic carbocycles. The molecule has 1 amide bonds. The third-order valence-corrected chi connectivity index (χ3v) is 8.04. The van der Waals surface area contributed by atoms with Gasteiger partial charge in [-0.25, -0.2) is 4.39 Å². The summed E-state index contributed by atoms with van der Waals surface area (Å²) in [4.78, 5) is 39.1. The molecule has 214 valence electrons. The summed E-state index contributed by atoms with van der Waals surface area (Å²) in [5.74, 6) is -1.44. The molecule has 40 heavy (non-hydrogen) atoms. The lowest BCUT2D eigenvalue weighted by Crippen LogP contribution is -2.33. The number of esters is 1. The molecule has 1 saturated carbocycles. The lowest BCUT2D eigenvalue weighted by molar-refractivity contribution is -0.140. The van der Waals surface area contributed by atoms with Crippen LogP contribution >= 0.6 is 0 Å². The number of hydrogen-bond donors (Lipinski definition) is 2. The Morgan fingerprint density at radius 1 is 1.07 bits per heavy atom. The molecular weight excluding hydrogens is 509 g/mol. The number of hydrogen-bond acceptors (Lipinski definition) is 5. The van der Waals surface area contributed by atoms with E-state index in [1.165, 1.54) is 19.6 Å². The normalized spacial score (nSPS) is 14.7. The minimum Gasteiger partial charge on any atom is -0.469 e. The second kappa shape index (κ2) is 13.6. The van der Waals surface area contributed by atoms with Gasteiger partial charge in [-0.15, -0.1) is 0 Å². The lowest BCUT2D eigenvalue weighted by atomic mass is 9.95. The number of anilines is 1. The Labute approximate surface area is 235 Å². The number of pyridine rings is 1. The third kappa shape index (κ3) is 6.72. The van der Waals surface area contributed by atoms with E-state index in [9.17, 15) is 14.4 Å². The summed E-state index contributed by atoms with van der Waals surface area (Å²) in [6.07, 6.45) is 9.01. The number of nitrogens with one attached hydrogen (secondary N) is 2. The fraction of sp³-hybridized carbons (Fsp3) is 0.469. The van der Waals surface area contributed by atoms with Crippen molar-refractivity contribution in [1.82, 2.24) is 9.88 Å². The van der Waals surface area contributed by atoms with Gasteiger partial charge in [-0.3, -0.25) is 14.4 Å². The Bertz CT molecular complexity index is 1380. The third-order valence-electron chi connectivity index (χ3n) is 8.04. The van der Waals surface area contributed by atoms with Crippen molar-refractivity contribution >= 4 is 28.5 Å². The average molecular weight is 550 g/mol. The highest BCUT2D eigenvalue weighted by Crippen LogP contribution is 2.29. The van der Waals surface area contributed by atoms with Gasteiger partial charge in [0.25, 0.3) is 5.91 Å². The van der Waals surface area contributed by atoms with E-state index < -0.39 is 23.2 Å². The van der Waals surface area contributed by atoms with Crippen molar-refractivity contribution in [2.75, 3.05) is 12.4 Å². The van der Waals surface area contributed by atoms with Crippen LogP contribution in [0, 0.1) is 5.82 Å². The van der Waals surface area contributed by atoms with Gasteiger partial charge in [0, 0.05) is 30.1 Å². The molecule has 1 aliphatic carbocycles. The second-order valence-electron chi connectivity index (χ2n) is 10.6. The molecule has 1 atom stereocenters. The van der Waals surface area contributed by atoms with Crippen molar-refractivity contribution in [2.45, 2.75) is 89.8 Å². The number of amides is 1. The van der Waals surface area contributed by atoms with Gasteiger partial charge in [0.1, 0.15) is 11.4 Å². The number of benzene rings is 2. The molecule has 3 aromatic rings. The summed E-state index contributed by atoms with van der Waals surface area (Å²) < 4.78 is 22.1. The molecule has 1 fully saturated rings. The summed E-state index contributed by atoms with van der Waals surface area (Å²) in [6.45, 7) is 4.11. The Kier molecular flexibility index (Phi) is 9.96. The first-order chi connectivity index (χ1) is 19.4. The number of nitrogens with zero attached hydrogens (tertiary/aromatic N) is 1. The maximum absolute atomic E-state index is 15.4. The van der Waals surface area contributed by atoms with Crippen LogP contribution in [0.5, 0.6) is 0 Å². The fourth-order valence-electron chi connectivity index (χ4n) is 5.70. The monoisotopic (exact) mass is 549 g/mol. The number of carbonyl (C=O) groups is 2. The van der Waals surface area contributed by atoms with Crippen molar-refractivity contribution in [3.05, 3.63) is 75.8 Å². The first-order valence-corrected chi connectivity index (χ1v) is 14.4. The molecule has 0 unspecified atom stereocenters. The predicted molar refractivity (Wildman–Crippen MR) is 156 cm³/mol. The van der Waals surface area contributed by atoms with E-state index in [1.807, 2.05) is 34.9 Å². The van der Waals surface area contributed by atoms with Crippen LogP contribution in [0.1, 0.15) is 99.6 Å². The van der Waals surface area contributed by atoms with E-state index in [1.54, 1.807) is 12.3 Å². The molecule has 0 saturated heterocycles. The number of carbonyl (C=O) groups excluding carboxylic acids is 2. The van der Waals surface area contributed by atoms with E-state index in [0.29, 0.717) is 17.6 Å². The minimum atomic E-state index is -0.560. The molecule has 1 aromatic heterocycles. The molecule has 2 N–H and O–H groups in total. The second-order valence-corrected chi connectivity index (χ2v) is 10.6. The van der Waals surface area contributed by atoms with Crippen molar-refractivity contribution in [2.24, 2.45) is 0 Å². The number of fused-ring (bicyclic) bond motifs is 1. The highest BCUT2D eigenvalue weighted by atomic mass is 19.1. The number of rotatable bonds is 11. The molecule has 8 heteroatoms. The van der Waals surface area contributed by atoms with Gasteiger partial charge in [0.15, 0.2) is 0 Å². The summed E-state index contributed by atoms with van der Waals surface area (Å²) in [6, 6.07) is 12.0. The molecule has 1 aliphatic rings.